The first-order valence-electron chi connectivity index (χ1n) is 11.0. The average Bonchev–Trinajstić information content (AvgIpc) is 2.71. The van der Waals surface area contributed by atoms with Gasteiger partial charge in [-0.1, -0.05) is 81.9 Å². The molecule has 0 radical (unpaired) electrons. The van der Waals surface area contributed by atoms with Gasteiger partial charge in [0.1, 0.15) is 11.3 Å². The van der Waals surface area contributed by atoms with Gasteiger partial charge in [0.15, 0.2) is 0 Å². The molecule has 1 aromatic rings. The molecule has 0 aromatic heterocycles. The second kappa shape index (κ2) is 16.6. The number of aromatic carboxylic acids is 1. The maximum Gasteiger partial charge on any atom is 0.339 e. The molecule has 0 bridgehead atoms. The van der Waals surface area contributed by atoms with Crippen molar-refractivity contribution in [2.45, 2.75) is 84.0 Å². The van der Waals surface area contributed by atoms with Crippen LogP contribution >= 0.6 is 0 Å². The van der Waals surface area contributed by atoms with Gasteiger partial charge in [-0.15, -0.1) is 0 Å². The van der Waals surface area contributed by atoms with Crippen molar-refractivity contribution in [1.82, 2.24) is 0 Å². The van der Waals surface area contributed by atoms with Crippen molar-refractivity contribution in [2.75, 3.05) is 0 Å². The number of benzene rings is 1. The van der Waals surface area contributed by atoms with E-state index in [1.54, 1.807) is 12.1 Å². The van der Waals surface area contributed by atoms with Crippen molar-refractivity contribution in [3.8, 4) is 5.75 Å². The molecule has 0 aliphatic carbocycles. The molecule has 0 fully saturated rings. The summed E-state index contributed by atoms with van der Waals surface area (Å²) in [6, 6.07) is 6.20. The SMILES string of the molecule is CCCCCCCC/C=C/C=C\CCCCCC(=O)Oc1ccccc1C(=O)O. The maximum atomic E-state index is 11.9. The minimum absolute atomic E-state index is 0.00975. The van der Waals surface area contributed by atoms with E-state index in [4.69, 9.17) is 9.84 Å². The molecule has 0 aliphatic rings. The van der Waals surface area contributed by atoms with E-state index in [1.807, 2.05) is 0 Å². The quantitative estimate of drug-likeness (QED) is 0.139. The number of unbranched alkanes of at least 4 members (excludes halogenated alkanes) is 9. The van der Waals surface area contributed by atoms with Crippen molar-refractivity contribution < 1.29 is 19.4 Å². The van der Waals surface area contributed by atoms with E-state index in [9.17, 15) is 9.59 Å². The molecule has 1 aromatic carbocycles. The Balaban J connectivity index is 2.04. The van der Waals surface area contributed by atoms with Crippen LogP contribution in [0.4, 0.5) is 0 Å². The van der Waals surface area contributed by atoms with Crippen molar-refractivity contribution in [3.63, 3.8) is 0 Å². The molecule has 0 saturated heterocycles. The molecule has 29 heavy (non-hydrogen) atoms. The second-order valence-corrected chi connectivity index (χ2v) is 7.29. The predicted molar refractivity (Wildman–Crippen MR) is 118 cm³/mol. The van der Waals surface area contributed by atoms with Gasteiger partial charge in [0.2, 0.25) is 0 Å². The third kappa shape index (κ3) is 12.7. The van der Waals surface area contributed by atoms with Crippen LogP contribution in [0.25, 0.3) is 0 Å². The second-order valence-electron chi connectivity index (χ2n) is 7.29. The highest BCUT2D eigenvalue weighted by Crippen LogP contribution is 2.19. The molecule has 1 rings (SSSR count). The topological polar surface area (TPSA) is 63.6 Å². The highest BCUT2D eigenvalue weighted by Gasteiger charge is 2.13. The van der Waals surface area contributed by atoms with Gasteiger partial charge < -0.3 is 9.84 Å². The van der Waals surface area contributed by atoms with Gasteiger partial charge >= 0.3 is 11.9 Å². The molecule has 0 unspecified atom stereocenters. The number of para-hydroxylation sites is 1. The highest BCUT2D eigenvalue weighted by atomic mass is 16.5. The summed E-state index contributed by atoms with van der Waals surface area (Å²) in [5.74, 6) is -1.37. The molecule has 160 valence electrons. The Bertz CT molecular complexity index is 646. The zero-order valence-corrected chi connectivity index (χ0v) is 17.8. The summed E-state index contributed by atoms with van der Waals surface area (Å²) in [6.45, 7) is 2.24. The number of hydrogen-bond acceptors (Lipinski definition) is 3. The third-order valence-electron chi connectivity index (χ3n) is 4.70. The smallest absolute Gasteiger partial charge is 0.339 e. The Morgan fingerprint density at radius 1 is 0.862 bits per heavy atom. The Labute approximate surface area is 175 Å². The van der Waals surface area contributed by atoms with Crippen LogP contribution in [0.2, 0.25) is 0 Å². The van der Waals surface area contributed by atoms with E-state index in [2.05, 4.69) is 31.2 Å². The number of ether oxygens (including phenoxy) is 1. The molecule has 4 nitrogen and oxygen atoms in total. The summed E-state index contributed by atoms with van der Waals surface area (Å²) in [7, 11) is 0. The van der Waals surface area contributed by atoms with Crippen LogP contribution in [0.1, 0.15) is 94.3 Å². The van der Waals surface area contributed by atoms with Crippen molar-refractivity contribution in [1.29, 1.82) is 0 Å². The molecule has 0 aliphatic heterocycles. The fraction of sp³-hybridized carbons (Fsp3) is 0.520. The van der Waals surface area contributed by atoms with Gasteiger partial charge in [-0.05, 0) is 44.2 Å². The number of carbonyl (C=O) groups is 2. The lowest BCUT2D eigenvalue weighted by Crippen LogP contribution is -2.10. The molecule has 4 heteroatoms. The van der Waals surface area contributed by atoms with Crippen molar-refractivity contribution in [2.24, 2.45) is 0 Å². The predicted octanol–water partition coefficient (Wildman–Crippen LogP) is 7.10. The summed E-state index contributed by atoms with van der Waals surface area (Å²) >= 11 is 0. The van der Waals surface area contributed by atoms with Crippen LogP contribution in [0.15, 0.2) is 48.6 Å². The number of esters is 1. The Hall–Kier alpha value is -2.36. The average molecular weight is 401 g/mol. The van der Waals surface area contributed by atoms with Crippen LogP contribution < -0.4 is 4.74 Å². The summed E-state index contributed by atoms with van der Waals surface area (Å²) < 4.78 is 5.18. The van der Waals surface area contributed by atoms with E-state index < -0.39 is 5.97 Å². The molecule has 0 spiro atoms. The lowest BCUT2D eigenvalue weighted by atomic mass is 10.1. The summed E-state index contributed by atoms with van der Waals surface area (Å²) in [5, 5.41) is 9.09. The summed E-state index contributed by atoms with van der Waals surface area (Å²) in [4.78, 5) is 23.0. The van der Waals surface area contributed by atoms with Gasteiger partial charge in [0.25, 0.3) is 0 Å². The lowest BCUT2D eigenvalue weighted by Gasteiger charge is -2.06. The number of hydrogen-bond donors (Lipinski definition) is 1. The Morgan fingerprint density at radius 3 is 2.10 bits per heavy atom. The van der Waals surface area contributed by atoms with Crippen LogP contribution in [0, 0.1) is 0 Å². The fourth-order valence-electron chi connectivity index (χ4n) is 3.01. The van der Waals surface area contributed by atoms with Gasteiger partial charge in [-0.3, -0.25) is 4.79 Å². The largest absolute Gasteiger partial charge is 0.478 e. The Kier molecular flexibility index (Phi) is 14.1. The first kappa shape index (κ1) is 24.7. The normalized spacial score (nSPS) is 11.3. The van der Waals surface area contributed by atoms with E-state index >= 15 is 0 Å². The van der Waals surface area contributed by atoms with E-state index in [0.29, 0.717) is 6.42 Å². The Morgan fingerprint density at radius 2 is 1.45 bits per heavy atom. The van der Waals surface area contributed by atoms with E-state index in [0.717, 1.165) is 32.1 Å². The molecule has 0 amide bonds. The first-order valence-corrected chi connectivity index (χ1v) is 11.0. The van der Waals surface area contributed by atoms with Crippen LogP contribution in [-0.4, -0.2) is 17.0 Å². The molecular weight excluding hydrogens is 364 g/mol. The third-order valence-corrected chi connectivity index (χ3v) is 4.70. The maximum absolute atomic E-state index is 11.9. The van der Waals surface area contributed by atoms with Crippen LogP contribution in [0.5, 0.6) is 5.75 Å². The van der Waals surface area contributed by atoms with Crippen molar-refractivity contribution in [3.05, 3.63) is 54.1 Å². The van der Waals surface area contributed by atoms with Crippen LogP contribution in [0.3, 0.4) is 0 Å². The molecule has 0 atom stereocenters. The monoisotopic (exact) mass is 400 g/mol. The number of carboxylic acids is 1. The summed E-state index contributed by atoms with van der Waals surface area (Å²) in [5.41, 5.74) is 0.00975. The van der Waals surface area contributed by atoms with Gasteiger partial charge in [-0.2, -0.15) is 0 Å². The van der Waals surface area contributed by atoms with Gasteiger partial charge in [0.05, 0.1) is 0 Å². The lowest BCUT2D eigenvalue weighted by molar-refractivity contribution is -0.134. The number of carboxylic acid groups (broad SMARTS) is 1. The standard InChI is InChI=1S/C25H36O4/c1-2-3-4-5-6-7-8-9-10-11-12-13-14-15-16-21-24(26)29-23-20-18-17-19-22(23)25(27)28/h9-12,17-20H,2-8,13-16,21H2,1H3,(H,27,28)/b10-9+,12-11-. The number of allylic oxidation sites excluding steroid dienone is 4. The molecular formula is C25H36O4. The zero-order valence-electron chi connectivity index (χ0n) is 17.8. The molecule has 1 N–H and O–H groups in total. The minimum atomic E-state index is -1.10. The molecule has 0 saturated carbocycles. The zero-order chi connectivity index (χ0) is 21.2. The van der Waals surface area contributed by atoms with Crippen molar-refractivity contribution >= 4 is 11.9 Å². The number of rotatable bonds is 16. The molecule has 0 heterocycles. The van der Waals surface area contributed by atoms with Gasteiger partial charge in [0, 0.05) is 6.42 Å². The van der Waals surface area contributed by atoms with E-state index in [-0.39, 0.29) is 17.3 Å². The highest BCUT2D eigenvalue weighted by molar-refractivity contribution is 5.91. The van der Waals surface area contributed by atoms with Gasteiger partial charge in [-0.25, -0.2) is 4.79 Å². The van der Waals surface area contributed by atoms with E-state index in [1.165, 1.54) is 50.7 Å². The summed E-state index contributed by atoms with van der Waals surface area (Å²) in [6.07, 6.45) is 21.8. The minimum Gasteiger partial charge on any atom is -0.478 e. The first-order chi connectivity index (χ1) is 14.1. The van der Waals surface area contributed by atoms with Crippen LogP contribution in [-0.2, 0) is 4.79 Å². The number of carbonyl (C=O) groups excluding carboxylic acids is 1. The fourth-order valence-corrected chi connectivity index (χ4v) is 3.01.